The van der Waals surface area contributed by atoms with E-state index in [9.17, 15) is 0 Å². The fourth-order valence-electron chi connectivity index (χ4n) is 2.44. The molecule has 0 aliphatic rings. The lowest BCUT2D eigenvalue weighted by Crippen LogP contribution is -2.04. The van der Waals surface area contributed by atoms with Gasteiger partial charge in [-0.3, -0.25) is 4.57 Å². The summed E-state index contributed by atoms with van der Waals surface area (Å²) in [6.45, 7) is 3.98. The van der Waals surface area contributed by atoms with Crippen molar-refractivity contribution in [3.63, 3.8) is 0 Å². The van der Waals surface area contributed by atoms with Crippen LogP contribution in [-0.2, 0) is 0 Å². The number of imidazole rings is 1. The molecule has 0 spiro atoms. The normalized spacial score (nSPS) is 12.8. The predicted molar refractivity (Wildman–Crippen MR) is 92.8 cm³/mol. The molecule has 2 aromatic carbocycles. The number of nitrogens with zero attached hydrogens (tertiary/aromatic N) is 2. The van der Waals surface area contributed by atoms with Crippen molar-refractivity contribution in [3.05, 3.63) is 57.3 Å². The van der Waals surface area contributed by atoms with Crippen LogP contribution >= 0.6 is 39.1 Å². The van der Waals surface area contributed by atoms with Crippen LogP contribution in [0.1, 0.15) is 23.7 Å². The number of aryl methyl sites for hydroxylation is 1. The Morgan fingerprint density at radius 3 is 2.71 bits per heavy atom. The van der Waals surface area contributed by atoms with Crippen molar-refractivity contribution >= 4 is 50.2 Å². The molecule has 0 fully saturated rings. The van der Waals surface area contributed by atoms with Crippen LogP contribution in [0.15, 0.2) is 40.9 Å². The average molecular weight is 384 g/mol. The molecule has 0 amide bonds. The molecule has 3 rings (SSSR count). The maximum absolute atomic E-state index is 6.41. The number of hydrogen-bond acceptors (Lipinski definition) is 1. The first-order chi connectivity index (χ1) is 9.99. The predicted octanol–water partition coefficient (Wildman–Crippen LogP) is 6.05. The summed E-state index contributed by atoms with van der Waals surface area (Å²) in [5.41, 5.74) is 3.91. The van der Waals surface area contributed by atoms with Gasteiger partial charge in [0.15, 0.2) is 0 Å². The lowest BCUT2D eigenvalue weighted by molar-refractivity contribution is 0.878. The Hall–Kier alpha value is -1.03. The van der Waals surface area contributed by atoms with Crippen molar-refractivity contribution < 1.29 is 0 Å². The summed E-state index contributed by atoms with van der Waals surface area (Å²) in [5.74, 6) is 0.793. The van der Waals surface area contributed by atoms with E-state index in [1.165, 1.54) is 0 Å². The summed E-state index contributed by atoms with van der Waals surface area (Å²) in [4.78, 5) is 4.65. The van der Waals surface area contributed by atoms with Gasteiger partial charge < -0.3 is 0 Å². The first-order valence-corrected chi connectivity index (χ1v) is 8.17. The van der Waals surface area contributed by atoms with Crippen LogP contribution in [0.4, 0.5) is 0 Å². The Kier molecular flexibility index (Phi) is 4.00. The third kappa shape index (κ3) is 2.59. The van der Waals surface area contributed by atoms with Crippen molar-refractivity contribution in [2.45, 2.75) is 19.2 Å². The summed E-state index contributed by atoms with van der Waals surface area (Å²) in [7, 11) is 0. The van der Waals surface area contributed by atoms with E-state index in [2.05, 4.69) is 44.5 Å². The molecule has 108 valence electrons. The minimum atomic E-state index is -0.216. The highest BCUT2D eigenvalue weighted by atomic mass is 79.9. The van der Waals surface area contributed by atoms with Gasteiger partial charge in [0.1, 0.15) is 5.82 Å². The van der Waals surface area contributed by atoms with Gasteiger partial charge >= 0.3 is 0 Å². The van der Waals surface area contributed by atoms with Gasteiger partial charge in [0.25, 0.3) is 0 Å². The monoisotopic (exact) mass is 382 g/mol. The molecular formula is C16H13BrCl2N2. The highest BCUT2D eigenvalue weighted by molar-refractivity contribution is 9.10. The maximum atomic E-state index is 6.41. The van der Waals surface area contributed by atoms with Crippen LogP contribution in [0.3, 0.4) is 0 Å². The van der Waals surface area contributed by atoms with Crippen LogP contribution in [0.25, 0.3) is 16.7 Å². The van der Waals surface area contributed by atoms with Gasteiger partial charge in [0.2, 0.25) is 0 Å². The first kappa shape index (κ1) is 14.9. The average Bonchev–Trinajstić information content (AvgIpc) is 2.82. The summed E-state index contributed by atoms with van der Waals surface area (Å²) in [5, 5.41) is 0.454. The van der Waals surface area contributed by atoms with Gasteiger partial charge in [-0.1, -0.05) is 39.7 Å². The van der Waals surface area contributed by atoms with Crippen molar-refractivity contribution in [3.8, 4) is 5.69 Å². The molecule has 0 saturated heterocycles. The van der Waals surface area contributed by atoms with Gasteiger partial charge in [0, 0.05) is 4.47 Å². The molecule has 2 nitrogen and oxygen atoms in total. The minimum Gasteiger partial charge on any atom is -0.293 e. The Bertz CT molecular complexity index is 825. The second-order valence-electron chi connectivity index (χ2n) is 4.96. The molecular weight excluding hydrogens is 371 g/mol. The van der Waals surface area contributed by atoms with E-state index < -0.39 is 0 Å². The number of fused-ring (bicyclic) bond motifs is 1. The fourth-order valence-corrected chi connectivity index (χ4v) is 3.19. The van der Waals surface area contributed by atoms with Gasteiger partial charge in [0.05, 0.1) is 27.1 Å². The molecule has 1 heterocycles. The Balaban J connectivity index is 2.44. The van der Waals surface area contributed by atoms with Crippen LogP contribution in [0.5, 0.6) is 0 Å². The standard InChI is InChI=1S/C16H13BrCl2N2/c1-9-6-7-11(17)8-14(9)21-15-12(19)4-3-5-13(15)20-16(21)10(2)18/h3-8,10H,1-2H3. The third-order valence-corrected chi connectivity index (χ3v) is 4.41. The number of hydrogen-bond donors (Lipinski definition) is 0. The van der Waals surface area contributed by atoms with Crippen LogP contribution in [-0.4, -0.2) is 9.55 Å². The highest BCUT2D eigenvalue weighted by Gasteiger charge is 2.19. The largest absolute Gasteiger partial charge is 0.293 e. The molecule has 21 heavy (non-hydrogen) atoms. The van der Waals surface area contributed by atoms with E-state index in [0.717, 1.165) is 32.6 Å². The van der Waals surface area contributed by atoms with Gasteiger partial charge in [-0.25, -0.2) is 4.98 Å². The zero-order chi connectivity index (χ0) is 15.1. The Labute approximate surface area is 141 Å². The van der Waals surface area contributed by atoms with E-state index in [-0.39, 0.29) is 5.38 Å². The molecule has 1 unspecified atom stereocenters. The maximum Gasteiger partial charge on any atom is 0.132 e. The Morgan fingerprint density at radius 2 is 2.00 bits per heavy atom. The van der Waals surface area contributed by atoms with Crippen molar-refractivity contribution in [1.82, 2.24) is 9.55 Å². The number of halogens is 3. The Morgan fingerprint density at radius 1 is 1.24 bits per heavy atom. The second-order valence-corrected chi connectivity index (χ2v) is 6.94. The topological polar surface area (TPSA) is 17.8 Å². The first-order valence-electron chi connectivity index (χ1n) is 6.56. The zero-order valence-corrected chi connectivity index (χ0v) is 14.7. The number of alkyl halides is 1. The quantitative estimate of drug-likeness (QED) is 0.492. The highest BCUT2D eigenvalue weighted by Crippen LogP contribution is 2.34. The van der Waals surface area contributed by atoms with Crippen LogP contribution in [0, 0.1) is 6.92 Å². The zero-order valence-electron chi connectivity index (χ0n) is 11.6. The van der Waals surface area contributed by atoms with E-state index in [1.54, 1.807) is 0 Å². The number of benzene rings is 2. The lowest BCUT2D eigenvalue weighted by atomic mass is 10.2. The molecule has 0 N–H and O–H groups in total. The minimum absolute atomic E-state index is 0.216. The SMILES string of the molecule is Cc1ccc(Br)cc1-n1c(C(C)Cl)nc2cccc(Cl)c21. The van der Waals surface area contributed by atoms with Crippen LogP contribution in [0.2, 0.25) is 5.02 Å². The molecule has 0 saturated carbocycles. The van der Waals surface area contributed by atoms with Gasteiger partial charge in [-0.15, -0.1) is 11.6 Å². The summed E-state index contributed by atoms with van der Waals surface area (Å²) >= 11 is 16.3. The summed E-state index contributed by atoms with van der Waals surface area (Å²) in [6, 6.07) is 11.9. The smallest absolute Gasteiger partial charge is 0.132 e. The molecule has 3 aromatic rings. The van der Waals surface area contributed by atoms with Crippen LogP contribution < -0.4 is 0 Å². The van der Waals surface area contributed by atoms with Gasteiger partial charge in [-0.2, -0.15) is 0 Å². The summed E-state index contributed by atoms with van der Waals surface area (Å²) in [6.07, 6.45) is 0. The van der Waals surface area contributed by atoms with E-state index >= 15 is 0 Å². The van der Waals surface area contributed by atoms with Crippen molar-refractivity contribution in [2.24, 2.45) is 0 Å². The summed E-state index contributed by atoms with van der Waals surface area (Å²) < 4.78 is 3.06. The molecule has 0 aliphatic carbocycles. The van der Waals surface area contributed by atoms with Gasteiger partial charge in [-0.05, 0) is 43.7 Å². The third-order valence-electron chi connectivity index (χ3n) is 3.42. The fraction of sp³-hybridized carbons (Fsp3) is 0.188. The lowest BCUT2D eigenvalue weighted by Gasteiger charge is -2.14. The van der Waals surface area contributed by atoms with Crippen molar-refractivity contribution in [2.75, 3.05) is 0 Å². The molecule has 1 aromatic heterocycles. The molecule has 1 atom stereocenters. The number of para-hydroxylation sites is 1. The molecule has 0 radical (unpaired) electrons. The number of aromatic nitrogens is 2. The molecule has 0 aliphatic heterocycles. The molecule has 5 heteroatoms. The van der Waals surface area contributed by atoms with E-state index in [4.69, 9.17) is 23.2 Å². The van der Waals surface area contributed by atoms with E-state index in [0.29, 0.717) is 5.02 Å². The van der Waals surface area contributed by atoms with E-state index in [1.807, 2.05) is 31.2 Å². The second kappa shape index (κ2) is 5.64. The number of rotatable bonds is 2. The molecule has 0 bridgehead atoms. The van der Waals surface area contributed by atoms with Crippen molar-refractivity contribution in [1.29, 1.82) is 0 Å².